The van der Waals surface area contributed by atoms with Crippen LogP contribution >= 0.6 is 0 Å². The van der Waals surface area contributed by atoms with E-state index in [1.165, 1.54) is 0 Å². The highest BCUT2D eigenvalue weighted by molar-refractivity contribution is 5.95. The van der Waals surface area contributed by atoms with E-state index < -0.39 is 0 Å². The van der Waals surface area contributed by atoms with E-state index in [0.717, 1.165) is 59.2 Å². The van der Waals surface area contributed by atoms with Crippen LogP contribution in [0.15, 0.2) is 42.7 Å². The number of ether oxygens (including phenoxy) is 3. The highest BCUT2D eigenvalue weighted by Crippen LogP contribution is 2.32. The Labute approximate surface area is 193 Å². The van der Waals surface area contributed by atoms with Crippen LogP contribution in [-0.4, -0.2) is 60.3 Å². The third kappa shape index (κ3) is 4.50. The van der Waals surface area contributed by atoms with Crippen molar-refractivity contribution in [2.24, 2.45) is 5.92 Å². The minimum absolute atomic E-state index is 0.00346. The molecule has 0 saturated carbocycles. The van der Waals surface area contributed by atoms with Gasteiger partial charge >= 0.3 is 0 Å². The summed E-state index contributed by atoms with van der Waals surface area (Å²) in [5, 5.41) is 1.01. The average Bonchev–Trinajstić information content (AvgIpc) is 3.32. The van der Waals surface area contributed by atoms with Crippen molar-refractivity contribution < 1.29 is 19.0 Å². The first-order valence-electron chi connectivity index (χ1n) is 11.6. The van der Waals surface area contributed by atoms with Crippen molar-refractivity contribution in [3.05, 3.63) is 48.3 Å². The molecule has 0 N–H and O–H groups in total. The molecule has 7 heteroatoms. The van der Waals surface area contributed by atoms with Gasteiger partial charge in [-0.15, -0.1) is 0 Å². The lowest BCUT2D eigenvalue weighted by molar-refractivity contribution is -0.137. The van der Waals surface area contributed by atoms with Gasteiger partial charge in [0.15, 0.2) is 0 Å². The van der Waals surface area contributed by atoms with Crippen LogP contribution in [0.25, 0.3) is 22.0 Å². The molecule has 1 amide bonds. The predicted molar refractivity (Wildman–Crippen MR) is 125 cm³/mol. The quantitative estimate of drug-likeness (QED) is 0.588. The number of likely N-dealkylation sites (tertiary alicyclic amines) is 1. The van der Waals surface area contributed by atoms with E-state index in [9.17, 15) is 4.79 Å². The summed E-state index contributed by atoms with van der Waals surface area (Å²) in [4.78, 5) is 23.7. The summed E-state index contributed by atoms with van der Waals surface area (Å²) in [5.74, 6) is 1.76. The molecule has 2 fully saturated rings. The summed E-state index contributed by atoms with van der Waals surface area (Å²) in [5.41, 5.74) is 3.93. The lowest BCUT2D eigenvalue weighted by atomic mass is 9.99. The van der Waals surface area contributed by atoms with Gasteiger partial charge in [-0.2, -0.15) is 0 Å². The molecule has 7 nitrogen and oxygen atoms in total. The van der Waals surface area contributed by atoms with E-state index in [-0.39, 0.29) is 17.9 Å². The van der Waals surface area contributed by atoms with Gasteiger partial charge in [-0.05, 0) is 55.7 Å². The molecule has 2 aliphatic rings. The van der Waals surface area contributed by atoms with E-state index in [1.54, 1.807) is 7.11 Å². The molecule has 2 aromatic heterocycles. The average molecular weight is 448 g/mol. The number of pyridine rings is 2. The second-order valence-corrected chi connectivity index (χ2v) is 8.79. The second-order valence-electron chi connectivity index (χ2n) is 8.79. The van der Waals surface area contributed by atoms with E-state index >= 15 is 0 Å². The molecule has 0 spiro atoms. The molecular formula is C26H29N3O4. The van der Waals surface area contributed by atoms with Gasteiger partial charge in [0, 0.05) is 61.0 Å². The Bertz CT molecular complexity index is 1160. The predicted octanol–water partition coefficient (Wildman–Crippen LogP) is 4.02. The number of hydrogen-bond donors (Lipinski definition) is 0. The molecule has 0 aliphatic carbocycles. The molecule has 1 aromatic carbocycles. The highest BCUT2D eigenvalue weighted by atomic mass is 16.5. The van der Waals surface area contributed by atoms with Gasteiger partial charge in [0.05, 0.1) is 19.2 Å². The van der Waals surface area contributed by atoms with E-state index in [0.29, 0.717) is 25.6 Å². The van der Waals surface area contributed by atoms with Gasteiger partial charge < -0.3 is 19.1 Å². The van der Waals surface area contributed by atoms with Crippen molar-refractivity contribution in [3.8, 4) is 22.8 Å². The summed E-state index contributed by atoms with van der Waals surface area (Å²) in [6, 6.07) is 10.1. The Kier molecular flexibility index (Phi) is 6.13. The number of amides is 1. The number of carbonyl (C=O) groups is 1. The molecule has 172 valence electrons. The number of rotatable bonds is 5. The van der Waals surface area contributed by atoms with Crippen LogP contribution in [0.5, 0.6) is 11.6 Å². The third-order valence-electron chi connectivity index (χ3n) is 6.58. The number of fused-ring (bicyclic) bond motifs is 1. The Morgan fingerprint density at radius 1 is 1.12 bits per heavy atom. The monoisotopic (exact) mass is 447 g/mol. The van der Waals surface area contributed by atoms with Gasteiger partial charge in [-0.25, -0.2) is 4.98 Å². The molecule has 1 atom stereocenters. The minimum Gasteiger partial charge on any atom is -0.488 e. The van der Waals surface area contributed by atoms with Crippen LogP contribution in [-0.2, 0) is 9.53 Å². The standard InChI is InChI=1S/C26H29N3O4/c1-17-13-19(15-28-25(17)31-2)22-5-9-27-24-4-3-20(14-23(22)24)33-21-6-10-29(16-21)26(30)18-7-11-32-12-8-18/h3-5,9,13-15,18,21H,6-8,10-12,16H2,1-2H3. The lowest BCUT2D eigenvalue weighted by Crippen LogP contribution is -2.38. The normalized spacial score (nSPS) is 19.1. The minimum atomic E-state index is -0.00346. The fourth-order valence-electron chi connectivity index (χ4n) is 4.79. The highest BCUT2D eigenvalue weighted by Gasteiger charge is 2.32. The summed E-state index contributed by atoms with van der Waals surface area (Å²) in [6.45, 7) is 4.73. The van der Waals surface area contributed by atoms with Crippen molar-refractivity contribution in [1.29, 1.82) is 0 Å². The van der Waals surface area contributed by atoms with Gasteiger partial charge in [0.2, 0.25) is 11.8 Å². The number of aromatic nitrogens is 2. The van der Waals surface area contributed by atoms with Crippen LogP contribution in [0.2, 0.25) is 0 Å². The second kappa shape index (κ2) is 9.35. The molecule has 4 heterocycles. The Hall–Kier alpha value is -3.19. The largest absolute Gasteiger partial charge is 0.488 e. The molecule has 2 aliphatic heterocycles. The first-order valence-corrected chi connectivity index (χ1v) is 11.6. The topological polar surface area (TPSA) is 73.8 Å². The summed E-state index contributed by atoms with van der Waals surface area (Å²) in [7, 11) is 1.63. The molecule has 33 heavy (non-hydrogen) atoms. The zero-order valence-corrected chi connectivity index (χ0v) is 19.1. The molecule has 5 rings (SSSR count). The molecular weight excluding hydrogens is 418 g/mol. The maximum Gasteiger partial charge on any atom is 0.225 e. The van der Waals surface area contributed by atoms with Crippen molar-refractivity contribution in [2.75, 3.05) is 33.4 Å². The molecule has 3 aromatic rings. The summed E-state index contributed by atoms with van der Waals surface area (Å²) < 4.78 is 17.0. The number of benzene rings is 1. The van der Waals surface area contributed by atoms with Gasteiger partial charge in [0.25, 0.3) is 0 Å². The van der Waals surface area contributed by atoms with Crippen molar-refractivity contribution >= 4 is 16.8 Å². The first-order chi connectivity index (χ1) is 16.1. The van der Waals surface area contributed by atoms with Gasteiger partial charge in [-0.1, -0.05) is 0 Å². The third-order valence-corrected chi connectivity index (χ3v) is 6.58. The zero-order valence-electron chi connectivity index (χ0n) is 19.1. The number of hydrogen-bond acceptors (Lipinski definition) is 6. The fourth-order valence-corrected chi connectivity index (χ4v) is 4.79. The van der Waals surface area contributed by atoms with E-state index in [4.69, 9.17) is 14.2 Å². The SMILES string of the molecule is COc1ncc(-c2ccnc3ccc(OC4CCN(C(=O)C5CCOCC5)C4)cc23)cc1C. The van der Waals surface area contributed by atoms with Crippen molar-refractivity contribution in [2.45, 2.75) is 32.3 Å². The van der Waals surface area contributed by atoms with Crippen LogP contribution in [0.1, 0.15) is 24.8 Å². The zero-order chi connectivity index (χ0) is 22.8. The number of aryl methyl sites for hydroxylation is 1. The van der Waals surface area contributed by atoms with E-state index in [2.05, 4.69) is 16.0 Å². The Balaban J connectivity index is 1.34. The maximum atomic E-state index is 12.8. The van der Waals surface area contributed by atoms with Crippen molar-refractivity contribution in [1.82, 2.24) is 14.9 Å². The Morgan fingerprint density at radius 3 is 2.76 bits per heavy atom. The van der Waals surface area contributed by atoms with Crippen LogP contribution < -0.4 is 9.47 Å². The summed E-state index contributed by atoms with van der Waals surface area (Å²) in [6.07, 6.45) is 6.12. The molecule has 2 saturated heterocycles. The number of nitrogens with zero attached hydrogens (tertiary/aromatic N) is 3. The summed E-state index contributed by atoms with van der Waals surface area (Å²) >= 11 is 0. The van der Waals surface area contributed by atoms with Crippen LogP contribution in [0, 0.1) is 12.8 Å². The van der Waals surface area contributed by atoms with Gasteiger partial charge in [0.1, 0.15) is 11.9 Å². The first kappa shape index (κ1) is 21.6. The van der Waals surface area contributed by atoms with Crippen LogP contribution in [0.4, 0.5) is 0 Å². The Morgan fingerprint density at radius 2 is 1.97 bits per heavy atom. The molecule has 1 unspecified atom stereocenters. The maximum absolute atomic E-state index is 12.8. The molecule has 0 radical (unpaired) electrons. The fraction of sp³-hybridized carbons (Fsp3) is 0.423. The molecule has 0 bridgehead atoms. The van der Waals surface area contributed by atoms with Crippen LogP contribution in [0.3, 0.4) is 0 Å². The van der Waals surface area contributed by atoms with Gasteiger partial charge in [-0.3, -0.25) is 9.78 Å². The van der Waals surface area contributed by atoms with E-state index in [1.807, 2.05) is 48.5 Å². The number of methoxy groups -OCH3 is 1. The van der Waals surface area contributed by atoms with Crippen molar-refractivity contribution in [3.63, 3.8) is 0 Å². The smallest absolute Gasteiger partial charge is 0.225 e. The number of carbonyl (C=O) groups excluding carboxylic acids is 1. The lowest BCUT2D eigenvalue weighted by Gasteiger charge is -2.26.